The van der Waals surface area contributed by atoms with Crippen LogP contribution < -0.4 is 5.32 Å². The first-order valence-electron chi connectivity index (χ1n) is 6.46. The van der Waals surface area contributed by atoms with Crippen LogP contribution in [0.3, 0.4) is 0 Å². The quantitative estimate of drug-likeness (QED) is 0.848. The van der Waals surface area contributed by atoms with E-state index in [1.807, 2.05) is 0 Å². The van der Waals surface area contributed by atoms with Crippen LogP contribution in [0.5, 0.6) is 0 Å². The van der Waals surface area contributed by atoms with Gasteiger partial charge in [0.05, 0.1) is 0 Å². The lowest BCUT2D eigenvalue weighted by Gasteiger charge is -2.11. The zero-order chi connectivity index (χ0) is 14.5. The van der Waals surface area contributed by atoms with Gasteiger partial charge in [0.25, 0.3) is 0 Å². The van der Waals surface area contributed by atoms with Crippen LogP contribution in [-0.4, -0.2) is 35.7 Å². The van der Waals surface area contributed by atoms with E-state index in [1.165, 1.54) is 12.1 Å². The topological polar surface area (TPSA) is 75.6 Å². The van der Waals surface area contributed by atoms with Crippen molar-refractivity contribution in [3.63, 3.8) is 0 Å². The van der Waals surface area contributed by atoms with Crippen LogP contribution >= 0.6 is 0 Å². The molecule has 108 valence electrons. The number of carbonyl (C=O) groups is 2. The van der Waals surface area contributed by atoms with E-state index in [0.29, 0.717) is 25.8 Å². The van der Waals surface area contributed by atoms with Crippen LogP contribution in [-0.2, 0) is 20.7 Å². The van der Waals surface area contributed by atoms with Crippen LogP contribution in [0.4, 0.5) is 4.39 Å². The Morgan fingerprint density at radius 1 is 1.35 bits per heavy atom. The number of benzene rings is 1. The van der Waals surface area contributed by atoms with E-state index in [0.717, 1.165) is 5.56 Å². The number of ether oxygens (including phenoxy) is 1. The van der Waals surface area contributed by atoms with Crippen LogP contribution in [0.25, 0.3) is 0 Å². The van der Waals surface area contributed by atoms with Gasteiger partial charge in [0.1, 0.15) is 11.9 Å². The third kappa shape index (κ3) is 3.77. The van der Waals surface area contributed by atoms with Crippen molar-refractivity contribution in [1.29, 1.82) is 0 Å². The van der Waals surface area contributed by atoms with E-state index in [-0.39, 0.29) is 11.7 Å². The van der Waals surface area contributed by atoms with E-state index >= 15 is 0 Å². The van der Waals surface area contributed by atoms with Crippen molar-refractivity contribution in [3.05, 3.63) is 35.6 Å². The standard InChI is InChI=1S/C14H16FNO4/c15-10-3-1-2-9(8-10)6-7-16-13(17)11-4-5-12(20-11)14(18)19/h1-3,8,11-12H,4-7H2,(H,16,17)(H,18,19). The van der Waals surface area contributed by atoms with Crippen molar-refractivity contribution in [1.82, 2.24) is 5.32 Å². The number of carboxylic acid groups (broad SMARTS) is 1. The third-order valence-electron chi connectivity index (χ3n) is 3.19. The largest absolute Gasteiger partial charge is 0.479 e. The number of hydrogen-bond donors (Lipinski definition) is 2. The van der Waals surface area contributed by atoms with Crippen LogP contribution in [0.1, 0.15) is 18.4 Å². The molecule has 2 rings (SSSR count). The molecule has 0 radical (unpaired) electrons. The third-order valence-corrected chi connectivity index (χ3v) is 3.19. The Kier molecular flexibility index (Phi) is 4.68. The molecule has 1 saturated heterocycles. The molecule has 1 fully saturated rings. The second kappa shape index (κ2) is 6.47. The maximum Gasteiger partial charge on any atom is 0.332 e. The lowest BCUT2D eigenvalue weighted by atomic mass is 10.1. The number of aliphatic carboxylic acids is 1. The fourth-order valence-electron chi connectivity index (χ4n) is 2.15. The lowest BCUT2D eigenvalue weighted by Crippen LogP contribution is -2.36. The molecule has 0 spiro atoms. The summed E-state index contributed by atoms with van der Waals surface area (Å²) >= 11 is 0. The summed E-state index contributed by atoms with van der Waals surface area (Å²) in [7, 11) is 0. The second-order valence-electron chi connectivity index (χ2n) is 4.70. The van der Waals surface area contributed by atoms with E-state index in [9.17, 15) is 14.0 Å². The Hall–Kier alpha value is -1.95. The van der Waals surface area contributed by atoms with Crippen LogP contribution in [0.2, 0.25) is 0 Å². The molecule has 1 aliphatic heterocycles. The van der Waals surface area contributed by atoms with E-state index in [4.69, 9.17) is 9.84 Å². The first-order valence-corrected chi connectivity index (χ1v) is 6.46. The Labute approximate surface area is 115 Å². The molecule has 1 aromatic carbocycles. The van der Waals surface area contributed by atoms with Crippen molar-refractivity contribution in [2.24, 2.45) is 0 Å². The molecule has 0 aromatic heterocycles. The summed E-state index contributed by atoms with van der Waals surface area (Å²) in [4.78, 5) is 22.5. The van der Waals surface area contributed by atoms with E-state index in [2.05, 4.69) is 5.32 Å². The van der Waals surface area contributed by atoms with Crippen molar-refractivity contribution in [2.75, 3.05) is 6.54 Å². The Balaban J connectivity index is 1.75. The fourth-order valence-corrected chi connectivity index (χ4v) is 2.15. The SMILES string of the molecule is O=C(O)C1CCC(C(=O)NCCc2cccc(F)c2)O1. The van der Waals surface area contributed by atoms with Gasteiger partial charge < -0.3 is 15.2 Å². The minimum Gasteiger partial charge on any atom is -0.479 e. The minimum absolute atomic E-state index is 0.308. The predicted molar refractivity (Wildman–Crippen MR) is 68.6 cm³/mol. The zero-order valence-corrected chi connectivity index (χ0v) is 10.8. The Morgan fingerprint density at radius 3 is 2.75 bits per heavy atom. The van der Waals surface area contributed by atoms with Gasteiger partial charge in [-0.25, -0.2) is 9.18 Å². The molecule has 1 aliphatic rings. The van der Waals surface area contributed by atoms with Crippen molar-refractivity contribution < 1.29 is 23.8 Å². The van der Waals surface area contributed by atoms with Crippen LogP contribution in [0, 0.1) is 5.82 Å². The molecule has 2 atom stereocenters. The number of nitrogens with one attached hydrogen (secondary N) is 1. The van der Waals surface area contributed by atoms with Crippen LogP contribution in [0.15, 0.2) is 24.3 Å². The number of halogens is 1. The molecule has 1 amide bonds. The van der Waals surface area contributed by atoms with E-state index < -0.39 is 18.2 Å². The highest BCUT2D eigenvalue weighted by atomic mass is 19.1. The second-order valence-corrected chi connectivity index (χ2v) is 4.70. The summed E-state index contributed by atoms with van der Waals surface area (Å²) in [5, 5.41) is 11.4. The number of carboxylic acids is 1. The van der Waals surface area contributed by atoms with Crippen molar-refractivity contribution >= 4 is 11.9 Å². The maximum absolute atomic E-state index is 13.0. The maximum atomic E-state index is 13.0. The molecule has 2 unspecified atom stereocenters. The van der Waals surface area contributed by atoms with Gasteiger partial charge >= 0.3 is 5.97 Å². The molecule has 5 nitrogen and oxygen atoms in total. The molecular weight excluding hydrogens is 265 g/mol. The summed E-state index contributed by atoms with van der Waals surface area (Å²) in [5.74, 6) is -1.66. The summed E-state index contributed by atoms with van der Waals surface area (Å²) in [6.07, 6.45) is -0.337. The number of carbonyl (C=O) groups excluding carboxylic acids is 1. The summed E-state index contributed by atoms with van der Waals surface area (Å²) in [6.45, 7) is 0.361. The van der Waals surface area contributed by atoms with E-state index in [1.54, 1.807) is 12.1 Å². The zero-order valence-electron chi connectivity index (χ0n) is 10.8. The molecule has 0 aliphatic carbocycles. The van der Waals surface area contributed by atoms with Gasteiger partial charge in [0.15, 0.2) is 6.10 Å². The van der Waals surface area contributed by atoms with Gasteiger partial charge in [0, 0.05) is 6.54 Å². The van der Waals surface area contributed by atoms with Gasteiger partial charge in [0.2, 0.25) is 5.91 Å². The predicted octanol–water partition coefficient (Wildman–Crippen LogP) is 1.12. The van der Waals surface area contributed by atoms with Gasteiger partial charge in [-0.05, 0) is 37.0 Å². The number of hydrogen-bond acceptors (Lipinski definition) is 3. The highest BCUT2D eigenvalue weighted by Gasteiger charge is 2.34. The van der Waals surface area contributed by atoms with Gasteiger partial charge in [-0.2, -0.15) is 0 Å². The smallest absolute Gasteiger partial charge is 0.332 e. The molecule has 1 heterocycles. The molecule has 20 heavy (non-hydrogen) atoms. The number of rotatable bonds is 5. The average molecular weight is 281 g/mol. The molecular formula is C14H16FNO4. The summed E-state index contributed by atoms with van der Waals surface area (Å²) < 4.78 is 18.1. The highest BCUT2D eigenvalue weighted by molar-refractivity contribution is 5.82. The average Bonchev–Trinajstić information content (AvgIpc) is 2.88. The normalized spacial score (nSPS) is 21.6. The summed E-state index contributed by atoms with van der Waals surface area (Å²) in [6, 6.07) is 6.17. The van der Waals surface area contributed by atoms with Gasteiger partial charge in [-0.15, -0.1) is 0 Å². The monoisotopic (exact) mass is 281 g/mol. The van der Waals surface area contributed by atoms with Crippen molar-refractivity contribution in [3.8, 4) is 0 Å². The molecule has 6 heteroatoms. The Bertz CT molecular complexity index is 506. The molecule has 0 saturated carbocycles. The first-order chi connectivity index (χ1) is 9.56. The van der Waals surface area contributed by atoms with Crippen molar-refractivity contribution in [2.45, 2.75) is 31.5 Å². The van der Waals surface area contributed by atoms with Gasteiger partial charge in [-0.1, -0.05) is 12.1 Å². The molecule has 0 bridgehead atoms. The Morgan fingerprint density at radius 2 is 2.10 bits per heavy atom. The molecule has 2 N–H and O–H groups in total. The minimum atomic E-state index is -1.04. The number of amides is 1. The lowest BCUT2D eigenvalue weighted by molar-refractivity contribution is -0.151. The molecule has 1 aromatic rings. The highest BCUT2D eigenvalue weighted by Crippen LogP contribution is 2.19. The fraction of sp³-hybridized carbons (Fsp3) is 0.429. The van der Waals surface area contributed by atoms with Gasteiger partial charge in [-0.3, -0.25) is 4.79 Å². The summed E-state index contributed by atoms with van der Waals surface area (Å²) in [5.41, 5.74) is 0.793. The first kappa shape index (κ1) is 14.5.